The van der Waals surface area contributed by atoms with Gasteiger partial charge >= 0.3 is 0 Å². The summed E-state index contributed by atoms with van der Waals surface area (Å²) in [5.74, 6) is 0.553. The van der Waals surface area contributed by atoms with E-state index in [0.29, 0.717) is 12.0 Å². The van der Waals surface area contributed by atoms with Gasteiger partial charge in [-0.25, -0.2) is 0 Å². The van der Waals surface area contributed by atoms with E-state index in [0.717, 1.165) is 18.6 Å². The van der Waals surface area contributed by atoms with Crippen LogP contribution in [0, 0.1) is 12.8 Å². The van der Waals surface area contributed by atoms with Crippen LogP contribution in [0.5, 0.6) is 0 Å². The van der Waals surface area contributed by atoms with Crippen LogP contribution in [0.2, 0.25) is 0 Å². The van der Waals surface area contributed by atoms with Gasteiger partial charge in [-0.05, 0) is 19.3 Å². The first-order chi connectivity index (χ1) is 7.66. The highest BCUT2D eigenvalue weighted by Crippen LogP contribution is 2.29. The molecule has 1 aromatic carbocycles. The molecule has 0 aromatic heterocycles. The van der Waals surface area contributed by atoms with E-state index < -0.39 is 0 Å². The third-order valence-corrected chi connectivity index (χ3v) is 3.06. The predicted octanol–water partition coefficient (Wildman–Crippen LogP) is 3.46. The number of benzene rings is 1. The Kier molecular flexibility index (Phi) is 3.62. The average Bonchev–Trinajstić information content (AvgIpc) is 2.30. The molecule has 0 spiro atoms. The Morgan fingerprint density at radius 3 is 2.50 bits per heavy atom. The molecule has 0 aliphatic carbocycles. The summed E-state index contributed by atoms with van der Waals surface area (Å²) in [6.45, 7) is 7.27. The molecular formula is C14H20O2. The Morgan fingerprint density at radius 2 is 1.88 bits per heavy atom. The summed E-state index contributed by atoms with van der Waals surface area (Å²) in [5, 5.41) is 0. The lowest BCUT2D eigenvalue weighted by molar-refractivity contribution is -0.226. The summed E-state index contributed by atoms with van der Waals surface area (Å²) < 4.78 is 11.6. The van der Waals surface area contributed by atoms with E-state index in [9.17, 15) is 0 Å². The van der Waals surface area contributed by atoms with Crippen molar-refractivity contribution in [2.75, 3.05) is 6.61 Å². The van der Waals surface area contributed by atoms with Crippen LogP contribution in [0.3, 0.4) is 0 Å². The molecule has 1 aliphatic rings. The molecule has 1 aliphatic heterocycles. The Hall–Kier alpha value is -0.860. The minimum atomic E-state index is -0.179. The highest BCUT2D eigenvalue weighted by molar-refractivity contribution is 5.22. The van der Waals surface area contributed by atoms with Gasteiger partial charge in [0.2, 0.25) is 0 Å². The van der Waals surface area contributed by atoms with Crippen LogP contribution < -0.4 is 0 Å². The SMILES string of the molecule is Cc1ccc([C@@H]2OCC[C@H](C(C)C)O2)cc1. The van der Waals surface area contributed by atoms with Crippen molar-refractivity contribution in [2.24, 2.45) is 5.92 Å². The molecule has 0 amide bonds. The standard InChI is InChI=1S/C14H20O2/c1-10(2)13-8-9-15-14(16-13)12-6-4-11(3)5-7-12/h4-7,10,13-14H,8-9H2,1-3H3/t13-,14-/m1/s1. The summed E-state index contributed by atoms with van der Waals surface area (Å²) in [6, 6.07) is 8.37. The molecule has 2 rings (SSSR count). The lowest BCUT2D eigenvalue weighted by atomic mass is 10.0. The van der Waals surface area contributed by atoms with Gasteiger partial charge in [0.1, 0.15) is 0 Å². The van der Waals surface area contributed by atoms with Gasteiger partial charge in [-0.1, -0.05) is 43.7 Å². The van der Waals surface area contributed by atoms with Crippen LogP contribution in [-0.4, -0.2) is 12.7 Å². The molecule has 0 unspecified atom stereocenters. The van der Waals surface area contributed by atoms with Crippen LogP contribution in [0.15, 0.2) is 24.3 Å². The highest BCUT2D eigenvalue weighted by Gasteiger charge is 2.26. The zero-order chi connectivity index (χ0) is 11.5. The van der Waals surface area contributed by atoms with E-state index in [4.69, 9.17) is 9.47 Å². The monoisotopic (exact) mass is 220 g/mol. The van der Waals surface area contributed by atoms with Crippen molar-refractivity contribution in [1.82, 2.24) is 0 Å². The van der Waals surface area contributed by atoms with Crippen LogP contribution >= 0.6 is 0 Å². The first-order valence-corrected chi connectivity index (χ1v) is 6.00. The summed E-state index contributed by atoms with van der Waals surface area (Å²) in [7, 11) is 0. The largest absolute Gasteiger partial charge is 0.348 e. The second-order valence-corrected chi connectivity index (χ2v) is 4.82. The van der Waals surface area contributed by atoms with E-state index in [1.54, 1.807) is 0 Å². The quantitative estimate of drug-likeness (QED) is 0.760. The summed E-state index contributed by atoms with van der Waals surface area (Å²) in [6.07, 6.45) is 1.14. The zero-order valence-electron chi connectivity index (χ0n) is 10.3. The van der Waals surface area contributed by atoms with Crippen LogP contribution in [0.1, 0.15) is 37.7 Å². The number of aryl methyl sites for hydroxylation is 1. The maximum absolute atomic E-state index is 5.95. The molecule has 16 heavy (non-hydrogen) atoms. The Bertz CT molecular complexity index is 329. The topological polar surface area (TPSA) is 18.5 Å². The minimum Gasteiger partial charge on any atom is -0.348 e. The number of rotatable bonds is 2. The van der Waals surface area contributed by atoms with Gasteiger partial charge in [-0.2, -0.15) is 0 Å². The van der Waals surface area contributed by atoms with Crippen molar-refractivity contribution in [3.8, 4) is 0 Å². The molecule has 0 saturated carbocycles. The van der Waals surface area contributed by atoms with Crippen LogP contribution in [0.25, 0.3) is 0 Å². The molecule has 1 saturated heterocycles. The van der Waals surface area contributed by atoms with E-state index in [1.807, 2.05) is 0 Å². The van der Waals surface area contributed by atoms with E-state index >= 15 is 0 Å². The smallest absolute Gasteiger partial charge is 0.184 e. The van der Waals surface area contributed by atoms with Crippen LogP contribution in [-0.2, 0) is 9.47 Å². The summed E-state index contributed by atoms with van der Waals surface area (Å²) in [5.41, 5.74) is 2.39. The molecule has 0 radical (unpaired) electrons. The number of hydrogen-bond donors (Lipinski definition) is 0. The third kappa shape index (κ3) is 2.63. The highest BCUT2D eigenvalue weighted by atomic mass is 16.7. The predicted molar refractivity (Wildman–Crippen MR) is 64.2 cm³/mol. The molecule has 2 heteroatoms. The van der Waals surface area contributed by atoms with Gasteiger partial charge in [-0.15, -0.1) is 0 Å². The van der Waals surface area contributed by atoms with Gasteiger partial charge < -0.3 is 9.47 Å². The fourth-order valence-electron chi connectivity index (χ4n) is 1.95. The minimum absolute atomic E-state index is 0.179. The lowest BCUT2D eigenvalue weighted by Crippen LogP contribution is -2.30. The van der Waals surface area contributed by atoms with Gasteiger partial charge in [0, 0.05) is 5.56 Å². The molecule has 1 heterocycles. The molecular weight excluding hydrogens is 200 g/mol. The molecule has 88 valence electrons. The molecule has 1 aromatic rings. The molecule has 1 fully saturated rings. The summed E-state index contributed by atoms with van der Waals surface area (Å²) >= 11 is 0. The van der Waals surface area contributed by atoms with Crippen molar-refractivity contribution < 1.29 is 9.47 Å². The van der Waals surface area contributed by atoms with Crippen molar-refractivity contribution in [3.63, 3.8) is 0 Å². The first kappa shape index (κ1) is 11.6. The van der Waals surface area contributed by atoms with Gasteiger partial charge in [0.15, 0.2) is 6.29 Å². The summed E-state index contributed by atoms with van der Waals surface area (Å²) in [4.78, 5) is 0. The molecule has 2 atom stereocenters. The Labute approximate surface area is 97.6 Å². The fourth-order valence-corrected chi connectivity index (χ4v) is 1.95. The lowest BCUT2D eigenvalue weighted by Gasteiger charge is -2.32. The number of ether oxygens (including phenoxy) is 2. The van der Waals surface area contributed by atoms with Crippen LogP contribution in [0.4, 0.5) is 0 Å². The van der Waals surface area contributed by atoms with E-state index in [1.165, 1.54) is 5.56 Å². The molecule has 0 bridgehead atoms. The second-order valence-electron chi connectivity index (χ2n) is 4.82. The van der Waals surface area contributed by atoms with E-state index in [-0.39, 0.29) is 6.29 Å². The van der Waals surface area contributed by atoms with Crippen molar-refractivity contribution in [1.29, 1.82) is 0 Å². The van der Waals surface area contributed by atoms with E-state index in [2.05, 4.69) is 45.0 Å². The maximum Gasteiger partial charge on any atom is 0.184 e. The zero-order valence-corrected chi connectivity index (χ0v) is 10.3. The fraction of sp³-hybridized carbons (Fsp3) is 0.571. The molecule has 2 nitrogen and oxygen atoms in total. The third-order valence-electron chi connectivity index (χ3n) is 3.06. The Balaban J connectivity index is 2.06. The molecule has 0 N–H and O–H groups in total. The van der Waals surface area contributed by atoms with Gasteiger partial charge in [0.25, 0.3) is 0 Å². The van der Waals surface area contributed by atoms with Crippen molar-refractivity contribution in [3.05, 3.63) is 35.4 Å². The normalized spacial score (nSPS) is 26.0. The van der Waals surface area contributed by atoms with Gasteiger partial charge in [0.05, 0.1) is 12.7 Å². The number of hydrogen-bond acceptors (Lipinski definition) is 2. The van der Waals surface area contributed by atoms with Crippen molar-refractivity contribution >= 4 is 0 Å². The first-order valence-electron chi connectivity index (χ1n) is 6.00. The second kappa shape index (κ2) is 4.98. The average molecular weight is 220 g/mol. The maximum atomic E-state index is 5.95. The van der Waals surface area contributed by atoms with Crippen molar-refractivity contribution in [2.45, 2.75) is 39.6 Å². The Morgan fingerprint density at radius 1 is 1.19 bits per heavy atom. The van der Waals surface area contributed by atoms with Gasteiger partial charge in [-0.3, -0.25) is 0 Å².